The summed E-state index contributed by atoms with van der Waals surface area (Å²) in [4.78, 5) is 5.53. The van der Waals surface area contributed by atoms with Crippen LogP contribution in [0.1, 0.15) is 42.0 Å². The molecule has 0 aliphatic carbocycles. The lowest BCUT2D eigenvalue weighted by atomic mass is 10.1. The van der Waals surface area contributed by atoms with E-state index in [1.807, 2.05) is 11.3 Å². The van der Waals surface area contributed by atoms with Crippen molar-refractivity contribution in [2.24, 2.45) is 0 Å². The van der Waals surface area contributed by atoms with E-state index in [1.165, 1.54) is 41.2 Å². The Balaban J connectivity index is 1.99. The van der Waals surface area contributed by atoms with Gasteiger partial charge in [-0.25, -0.2) is 0 Å². The molecule has 0 spiro atoms. The molecule has 2 nitrogen and oxygen atoms in total. The zero-order valence-electron chi connectivity index (χ0n) is 12.1. The van der Waals surface area contributed by atoms with Gasteiger partial charge in [-0.05, 0) is 58.7 Å². The first kappa shape index (κ1) is 14.0. The highest BCUT2D eigenvalue weighted by Crippen LogP contribution is 2.23. The van der Waals surface area contributed by atoms with Crippen LogP contribution in [0.2, 0.25) is 0 Å². The minimum Gasteiger partial charge on any atom is -0.313 e. The summed E-state index contributed by atoms with van der Waals surface area (Å²) in [6.45, 7) is 12.6. The second kappa shape index (κ2) is 6.18. The van der Waals surface area contributed by atoms with Gasteiger partial charge < -0.3 is 5.32 Å². The molecule has 1 saturated heterocycles. The van der Waals surface area contributed by atoms with Crippen LogP contribution in [-0.4, -0.2) is 30.1 Å². The van der Waals surface area contributed by atoms with E-state index in [0.29, 0.717) is 12.1 Å². The SMILES string of the molecule is Cc1cc(CN(CC2CCCN2)C(C)C)c(C)s1. The molecular weight excluding hydrogens is 240 g/mol. The van der Waals surface area contributed by atoms with Gasteiger partial charge >= 0.3 is 0 Å². The van der Waals surface area contributed by atoms with E-state index in [1.54, 1.807) is 0 Å². The van der Waals surface area contributed by atoms with Gasteiger partial charge in [-0.2, -0.15) is 0 Å². The van der Waals surface area contributed by atoms with E-state index >= 15 is 0 Å². The number of hydrogen-bond donors (Lipinski definition) is 1. The van der Waals surface area contributed by atoms with Gasteiger partial charge in [0.25, 0.3) is 0 Å². The number of aryl methyl sites for hydroxylation is 2. The van der Waals surface area contributed by atoms with E-state index < -0.39 is 0 Å². The molecular formula is C15H26N2S. The second-order valence-corrected chi connectivity index (χ2v) is 7.22. The number of nitrogens with one attached hydrogen (secondary N) is 1. The molecule has 3 heteroatoms. The van der Waals surface area contributed by atoms with Crippen molar-refractivity contribution in [1.29, 1.82) is 0 Å². The molecule has 1 aromatic heterocycles. The fourth-order valence-electron chi connectivity index (χ4n) is 2.71. The van der Waals surface area contributed by atoms with Crippen LogP contribution < -0.4 is 5.32 Å². The molecule has 1 aliphatic rings. The first-order valence-corrected chi connectivity index (χ1v) is 7.91. The Morgan fingerprint density at radius 1 is 1.44 bits per heavy atom. The number of thiophene rings is 1. The summed E-state index contributed by atoms with van der Waals surface area (Å²) in [7, 11) is 0. The van der Waals surface area contributed by atoms with Crippen LogP contribution in [0.25, 0.3) is 0 Å². The molecule has 18 heavy (non-hydrogen) atoms. The Bertz CT molecular complexity index is 378. The van der Waals surface area contributed by atoms with Crippen molar-refractivity contribution in [3.63, 3.8) is 0 Å². The highest BCUT2D eigenvalue weighted by Gasteiger charge is 2.20. The molecule has 2 heterocycles. The molecule has 2 rings (SSSR count). The third-order valence-corrected chi connectivity index (χ3v) is 4.87. The molecule has 102 valence electrons. The van der Waals surface area contributed by atoms with E-state index in [-0.39, 0.29) is 0 Å². The second-order valence-electron chi connectivity index (χ2n) is 5.75. The summed E-state index contributed by atoms with van der Waals surface area (Å²) in [5, 5.41) is 3.61. The van der Waals surface area contributed by atoms with Gasteiger partial charge in [0, 0.05) is 34.9 Å². The Morgan fingerprint density at radius 2 is 2.22 bits per heavy atom. The number of hydrogen-bond acceptors (Lipinski definition) is 3. The van der Waals surface area contributed by atoms with Gasteiger partial charge in [-0.3, -0.25) is 4.90 Å². The molecule has 0 radical (unpaired) electrons. The summed E-state index contributed by atoms with van der Waals surface area (Å²) in [5.74, 6) is 0. The van der Waals surface area contributed by atoms with Gasteiger partial charge in [0.05, 0.1) is 0 Å². The van der Waals surface area contributed by atoms with Crippen LogP contribution in [-0.2, 0) is 6.54 Å². The first-order chi connectivity index (χ1) is 8.56. The van der Waals surface area contributed by atoms with Crippen molar-refractivity contribution in [3.05, 3.63) is 21.4 Å². The maximum absolute atomic E-state index is 3.61. The summed E-state index contributed by atoms with van der Waals surface area (Å²) < 4.78 is 0. The van der Waals surface area contributed by atoms with E-state index in [9.17, 15) is 0 Å². The van der Waals surface area contributed by atoms with Crippen molar-refractivity contribution < 1.29 is 0 Å². The molecule has 1 fully saturated rings. The lowest BCUT2D eigenvalue weighted by molar-refractivity contribution is 0.194. The Hall–Kier alpha value is -0.380. The third-order valence-electron chi connectivity index (χ3n) is 3.86. The zero-order valence-corrected chi connectivity index (χ0v) is 12.9. The van der Waals surface area contributed by atoms with Crippen molar-refractivity contribution in [1.82, 2.24) is 10.2 Å². The molecule has 1 atom stereocenters. The van der Waals surface area contributed by atoms with Crippen molar-refractivity contribution >= 4 is 11.3 Å². The Kier molecular flexibility index (Phi) is 4.82. The summed E-state index contributed by atoms with van der Waals surface area (Å²) in [6.07, 6.45) is 2.68. The highest BCUT2D eigenvalue weighted by atomic mass is 32.1. The fourth-order valence-corrected chi connectivity index (χ4v) is 3.65. The highest BCUT2D eigenvalue weighted by molar-refractivity contribution is 7.12. The van der Waals surface area contributed by atoms with E-state index in [4.69, 9.17) is 0 Å². The quantitative estimate of drug-likeness (QED) is 0.879. The van der Waals surface area contributed by atoms with Gasteiger partial charge in [-0.1, -0.05) is 0 Å². The van der Waals surface area contributed by atoms with E-state index in [2.05, 4.69) is 44.0 Å². The maximum Gasteiger partial charge on any atom is 0.0248 e. The minimum atomic E-state index is 0.618. The van der Waals surface area contributed by atoms with Gasteiger partial charge in [0.2, 0.25) is 0 Å². The van der Waals surface area contributed by atoms with Crippen LogP contribution in [0.15, 0.2) is 6.07 Å². The van der Waals surface area contributed by atoms with Crippen LogP contribution in [0.5, 0.6) is 0 Å². The largest absolute Gasteiger partial charge is 0.313 e. The Morgan fingerprint density at radius 3 is 2.72 bits per heavy atom. The number of rotatable bonds is 5. The van der Waals surface area contributed by atoms with Gasteiger partial charge in [0.1, 0.15) is 0 Å². The maximum atomic E-state index is 3.61. The van der Waals surface area contributed by atoms with Crippen molar-refractivity contribution in [3.8, 4) is 0 Å². The van der Waals surface area contributed by atoms with Gasteiger partial charge in [-0.15, -0.1) is 11.3 Å². The molecule has 1 unspecified atom stereocenters. The zero-order chi connectivity index (χ0) is 13.1. The minimum absolute atomic E-state index is 0.618. The Labute approximate surface area is 115 Å². The lowest BCUT2D eigenvalue weighted by Crippen LogP contribution is -2.40. The predicted molar refractivity (Wildman–Crippen MR) is 80.4 cm³/mol. The molecule has 1 aliphatic heterocycles. The summed E-state index contributed by atoms with van der Waals surface area (Å²) in [5.41, 5.74) is 1.52. The van der Waals surface area contributed by atoms with Crippen molar-refractivity contribution in [2.45, 2.75) is 59.2 Å². The molecule has 0 saturated carbocycles. The average Bonchev–Trinajstić information content (AvgIpc) is 2.88. The normalized spacial score (nSPS) is 20.2. The van der Waals surface area contributed by atoms with Crippen LogP contribution in [0.3, 0.4) is 0 Å². The third kappa shape index (κ3) is 3.56. The van der Waals surface area contributed by atoms with Crippen molar-refractivity contribution in [2.75, 3.05) is 13.1 Å². The smallest absolute Gasteiger partial charge is 0.0248 e. The monoisotopic (exact) mass is 266 g/mol. The molecule has 0 bridgehead atoms. The first-order valence-electron chi connectivity index (χ1n) is 7.09. The summed E-state index contributed by atoms with van der Waals surface area (Å²) >= 11 is 1.92. The predicted octanol–water partition coefficient (Wildman–Crippen LogP) is 3.33. The fraction of sp³-hybridized carbons (Fsp3) is 0.733. The summed E-state index contributed by atoms with van der Waals surface area (Å²) in [6, 6.07) is 3.68. The average molecular weight is 266 g/mol. The molecule has 1 aromatic rings. The molecule has 1 N–H and O–H groups in total. The van der Waals surface area contributed by atoms with Gasteiger partial charge in [0.15, 0.2) is 0 Å². The van der Waals surface area contributed by atoms with Crippen LogP contribution in [0, 0.1) is 13.8 Å². The lowest BCUT2D eigenvalue weighted by Gasteiger charge is -2.29. The molecule has 0 aromatic carbocycles. The van der Waals surface area contributed by atoms with Crippen LogP contribution >= 0.6 is 11.3 Å². The number of nitrogens with zero attached hydrogens (tertiary/aromatic N) is 1. The van der Waals surface area contributed by atoms with E-state index in [0.717, 1.165) is 6.54 Å². The van der Waals surface area contributed by atoms with Crippen LogP contribution in [0.4, 0.5) is 0 Å². The molecule has 0 amide bonds. The standard InChI is InChI=1S/C15H26N2S/c1-11(2)17(10-15-6-5-7-16-15)9-14-8-12(3)18-13(14)4/h8,11,15-16H,5-7,9-10H2,1-4H3. The topological polar surface area (TPSA) is 15.3 Å².